The first-order chi connectivity index (χ1) is 6.30. The number of aliphatic hydroxyl groups is 3. The molecule has 4 N–H and O–H groups in total. The standard InChI is InChI=1S/C8H14O6/c1-3-4(9)5(10)6(11)8(2,14-3)7(12)13/h3-6,9-11H,1-2H3,(H,12,13). The van der Waals surface area contributed by atoms with Crippen molar-refractivity contribution >= 4 is 5.97 Å². The molecule has 6 heteroatoms. The summed E-state index contributed by atoms with van der Waals surface area (Å²) in [6.45, 7) is 2.59. The number of hydrogen-bond acceptors (Lipinski definition) is 5. The number of hydrogen-bond donors (Lipinski definition) is 4. The van der Waals surface area contributed by atoms with Crippen LogP contribution in [0.4, 0.5) is 0 Å². The Morgan fingerprint density at radius 3 is 2.21 bits per heavy atom. The molecule has 1 saturated heterocycles. The van der Waals surface area contributed by atoms with Crippen molar-refractivity contribution in [1.29, 1.82) is 0 Å². The Bertz CT molecular complexity index is 242. The molecule has 0 radical (unpaired) electrons. The third-order valence-electron chi connectivity index (χ3n) is 2.57. The minimum atomic E-state index is -1.88. The van der Waals surface area contributed by atoms with Gasteiger partial charge in [0.1, 0.15) is 18.3 Å². The Morgan fingerprint density at radius 1 is 1.29 bits per heavy atom. The lowest BCUT2D eigenvalue weighted by Crippen LogP contribution is -2.65. The van der Waals surface area contributed by atoms with E-state index < -0.39 is 36.0 Å². The average molecular weight is 206 g/mol. The molecule has 5 unspecified atom stereocenters. The Morgan fingerprint density at radius 2 is 1.79 bits per heavy atom. The summed E-state index contributed by atoms with van der Waals surface area (Å²) in [6, 6.07) is 0. The van der Waals surface area contributed by atoms with Crippen LogP contribution in [0.2, 0.25) is 0 Å². The van der Waals surface area contributed by atoms with E-state index in [9.17, 15) is 20.1 Å². The molecule has 0 spiro atoms. The minimum Gasteiger partial charge on any atom is -0.479 e. The maximum Gasteiger partial charge on any atom is 0.338 e. The maximum absolute atomic E-state index is 10.8. The molecule has 14 heavy (non-hydrogen) atoms. The number of ether oxygens (including phenoxy) is 1. The molecule has 0 aliphatic carbocycles. The van der Waals surface area contributed by atoms with Gasteiger partial charge in [0.05, 0.1) is 6.10 Å². The van der Waals surface area contributed by atoms with E-state index in [4.69, 9.17) is 9.84 Å². The Kier molecular flexibility index (Phi) is 2.82. The lowest BCUT2D eigenvalue weighted by Gasteiger charge is -2.43. The zero-order valence-electron chi connectivity index (χ0n) is 7.91. The number of carboxylic acid groups (broad SMARTS) is 1. The Labute approximate surface area is 80.7 Å². The first kappa shape index (κ1) is 11.4. The van der Waals surface area contributed by atoms with Crippen LogP contribution in [0.5, 0.6) is 0 Å². The maximum atomic E-state index is 10.8. The molecule has 0 amide bonds. The lowest BCUT2D eigenvalue weighted by atomic mass is 9.86. The van der Waals surface area contributed by atoms with E-state index in [0.717, 1.165) is 6.92 Å². The van der Waals surface area contributed by atoms with Crippen molar-refractivity contribution in [1.82, 2.24) is 0 Å². The fraction of sp³-hybridized carbons (Fsp3) is 0.875. The van der Waals surface area contributed by atoms with Crippen LogP contribution in [0, 0.1) is 0 Å². The molecular formula is C8H14O6. The predicted molar refractivity (Wildman–Crippen MR) is 44.6 cm³/mol. The van der Waals surface area contributed by atoms with E-state index in [1.54, 1.807) is 0 Å². The van der Waals surface area contributed by atoms with Gasteiger partial charge in [-0.2, -0.15) is 0 Å². The van der Waals surface area contributed by atoms with Gasteiger partial charge >= 0.3 is 5.97 Å². The van der Waals surface area contributed by atoms with Gasteiger partial charge in [0.15, 0.2) is 5.60 Å². The van der Waals surface area contributed by atoms with Crippen molar-refractivity contribution in [3.8, 4) is 0 Å². The lowest BCUT2D eigenvalue weighted by molar-refractivity contribution is -0.258. The monoisotopic (exact) mass is 206 g/mol. The second kappa shape index (κ2) is 3.47. The zero-order chi connectivity index (χ0) is 11.1. The first-order valence-corrected chi connectivity index (χ1v) is 4.26. The SMILES string of the molecule is CC1OC(C)(C(=O)O)C(O)C(O)C1O. The highest BCUT2D eigenvalue weighted by molar-refractivity contribution is 5.78. The van der Waals surface area contributed by atoms with Crippen LogP contribution >= 0.6 is 0 Å². The summed E-state index contributed by atoms with van der Waals surface area (Å²) in [6.07, 6.45) is -5.28. The normalized spacial score (nSPS) is 48.9. The molecule has 1 aliphatic rings. The number of aliphatic carboxylic acids is 1. The van der Waals surface area contributed by atoms with Crippen molar-refractivity contribution in [3.63, 3.8) is 0 Å². The Hall–Kier alpha value is -0.690. The van der Waals surface area contributed by atoms with Gasteiger partial charge in [-0.25, -0.2) is 4.79 Å². The summed E-state index contributed by atoms with van der Waals surface area (Å²) < 4.78 is 4.97. The number of aliphatic hydroxyl groups excluding tert-OH is 3. The summed E-state index contributed by atoms with van der Waals surface area (Å²) >= 11 is 0. The van der Waals surface area contributed by atoms with Crippen LogP contribution in [-0.4, -0.2) is 56.4 Å². The van der Waals surface area contributed by atoms with Gasteiger partial charge in [0, 0.05) is 0 Å². The molecule has 0 aromatic heterocycles. The molecule has 0 saturated carbocycles. The largest absolute Gasteiger partial charge is 0.479 e. The highest BCUT2D eigenvalue weighted by Gasteiger charge is 2.54. The number of carbonyl (C=O) groups is 1. The molecule has 0 aromatic carbocycles. The topological polar surface area (TPSA) is 107 Å². The van der Waals surface area contributed by atoms with E-state index in [-0.39, 0.29) is 0 Å². The fourth-order valence-electron chi connectivity index (χ4n) is 1.49. The smallest absolute Gasteiger partial charge is 0.338 e. The highest BCUT2D eigenvalue weighted by Crippen LogP contribution is 2.29. The first-order valence-electron chi connectivity index (χ1n) is 4.26. The molecule has 5 atom stereocenters. The van der Waals surface area contributed by atoms with Gasteiger partial charge in [-0.05, 0) is 13.8 Å². The molecule has 1 aliphatic heterocycles. The molecular weight excluding hydrogens is 192 g/mol. The Balaban J connectivity index is 2.96. The van der Waals surface area contributed by atoms with Crippen LogP contribution in [0.1, 0.15) is 13.8 Å². The fourth-order valence-corrected chi connectivity index (χ4v) is 1.49. The molecule has 0 bridgehead atoms. The average Bonchev–Trinajstić information content (AvgIpc) is 2.11. The van der Waals surface area contributed by atoms with Crippen LogP contribution in [-0.2, 0) is 9.53 Å². The van der Waals surface area contributed by atoms with Crippen molar-refractivity contribution in [2.24, 2.45) is 0 Å². The van der Waals surface area contributed by atoms with Crippen molar-refractivity contribution in [2.45, 2.75) is 43.9 Å². The van der Waals surface area contributed by atoms with Gasteiger partial charge < -0.3 is 25.2 Å². The summed E-state index contributed by atoms with van der Waals surface area (Å²) in [5.41, 5.74) is -1.88. The quantitative estimate of drug-likeness (QED) is 0.408. The highest BCUT2D eigenvalue weighted by atomic mass is 16.6. The molecule has 0 aromatic rings. The molecule has 1 heterocycles. The van der Waals surface area contributed by atoms with Crippen molar-refractivity contribution in [3.05, 3.63) is 0 Å². The van der Waals surface area contributed by atoms with E-state index >= 15 is 0 Å². The minimum absolute atomic E-state index is 0.838. The third-order valence-corrected chi connectivity index (χ3v) is 2.57. The van der Waals surface area contributed by atoms with Crippen LogP contribution in [0.25, 0.3) is 0 Å². The van der Waals surface area contributed by atoms with Crippen LogP contribution < -0.4 is 0 Å². The number of rotatable bonds is 1. The van der Waals surface area contributed by atoms with E-state index in [1.165, 1.54) is 6.92 Å². The second-order valence-electron chi connectivity index (χ2n) is 3.66. The summed E-state index contributed by atoms with van der Waals surface area (Å²) in [4.78, 5) is 10.8. The van der Waals surface area contributed by atoms with Crippen molar-refractivity contribution in [2.75, 3.05) is 0 Å². The van der Waals surface area contributed by atoms with E-state index in [0.29, 0.717) is 0 Å². The van der Waals surface area contributed by atoms with Gasteiger partial charge in [-0.1, -0.05) is 0 Å². The van der Waals surface area contributed by atoms with E-state index in [1.807, 2.05) is 0 Å². The predicted octanol–water partition coefficient (Wildman–Crippen LogP) is -1.67. The molecule has 82 valence electrons. The second-order valence-corrected chi connectivity index (χ2v) is 3.66. The van der Waals surface area contributed by atoms with Gasteiger partial charge in [0.2, 0.25) is 0 Å². The van der Waals surface area contributed by atoms with Gasteiger partial charge in [0.25, 0.3) is 0 Å². The van der Waals surface area contributed by atoms with Crippen LogP contribution in [0.3, 0.4) is 0 Å². The molecule has 1 rings (SSSR count). The van der Waals surface area contributed by atoms with E-state index in [2.05, 4.69) is 0 Å². The third kappa shape index (κ3) is 1.50. The van der Waals surface area contributed by atoms with Gasteiger partial charge in [-0.15, -0.1) is 0 Å². The zero-order valence-corrected chi connectivity index (χ0v) is 7.91. The summed E-state index contributed by atoms with van der Waals surface area (Å²) in [5.74, 6) is -1.37. The summed E-state index contributed by atoms with van der Waals surface area (Å²) in [7, 11) is 0. The van der Waals surface area contributed by atoms with Gasteiger partial charge in [-0.3, -0.25) is 0 Å². The van der Waals surface area contributed by atoms with Crippen LogP contribution in [0.15, 0.2) is 0 Å². The number of carboxylic acids is 1. The molecule has 1 fully saturated rings. The van der Waals surface area contributed by atoms with Crippen molar-refractivity contribution < 1.29 is 30.0 Å². The summed E-state index contributed by atoms with van der Waals surface area (Å²) in [5, 5.41) is 36.9. The molecule has 6 nitrogen and oxygen atoms in total.